The van der Waals surface area contributed by atoms with E-state index in [-0.39, 0.29) is 24.2 Å². The zero-order valence-electron chi connectivity index (χ0n) is 14.0. The minimum Gasteiger partial charge on any atom is -0.347 e. The number of hydrogen-bond acceptors (Lipinski definition) is 4. The molecular formula is C18H22N4O3. The van der Waals surface area contributed by atoms with Gasteiger partial charge in [-0.15, -0.1) is 0 Å². The number of nitrogens with zero attached hydrogens (tertiary/aromatic N) is 3. The number of hydrogen-bond donors (Lipinski definition) is 1. The highest BCUT2D eigenvalue weighted by atomic mass is 16.6. The minimum absolute atomic E-state index is 0.0239. The molecule has 1 aliphatic rings. The van der Waals surface area contributed by atoms with E-state index in [4.69, 9.17) is 0 Å². The van der Waals surface area contributed by atoms with Crippen LogP contribution in [0.2, 0.25) is 0 Å². The Bertz CT molecular complexity index is 723. The van der Waals surface area contributed by atoms with E-state index < -0.39 is 4.92 Å². The van der Waals surface area contributed by atoms with Gasteiger partial charge in [0.2, 0.25) is 5.91 Å². The second kappa shape index (κ2) is 7.92. The van der Waals surface area contributed by atoms with Crippen LogP contribution in [0.25, 0.3) is 0 Å². The van der Waals surface area contributed by atoms with Gasteiger partial charge in [0.1, 0.15) is 18.9 Å². The Hall–Kier alpha value is -2.70. The molecule has 0 saturated heterocycles. The number of carbonyl (C=O) groups excluding carboxylic acids is 1. The normalized spacial score (nSPS) is 16.3. The summed E-state index contributed by atoms with van der Waals surface area (Å²) in [5, 5.41) is 17.7. The van der Waals surface area contributed by atoms with Crippen LogP contribution < -0.4 is 5.32 Å². The zero-order valence-corrected chi connectivity index (χ0v) is 14.0. The Morgan fingerprint density at radius 2 is 2.00 bits per heavy atom. The Morgan fingerprint density at radius 3 is 2.64 bits per heavy atom. The molecule has 1 saturated carbocycles. The molecule has 2 aromatic rings. The summed E-state index contributed by atoms with van der Waals surface area (Å²) in [5.41, 5.74) is 0.994. The third-order valence-corrected chi connectivity index (χ3v) is 4.73. The van der Waals surface area contributed by atoms with Crippen molar-refractivity contribution in [1.29, 1.82) is 0 Å². The first kappa shape index (κ1) is 17.1. The molecule has 7 heteroatoms. The molecule has 1 N–H and O–H groups in total. The fraction of sp³-hybridized carbons (Fsp3) is 0.444. The van der Waals surface area contributed by atoms with Crippen molar-refractivity contribution in [1.82, 2.24) is 15.1 Å². The van der Waals surface area contributed by atoms with E-state index in [1.807, 2.05) is 30.3 Å². The highest BCUT2D eigenvalue weighted by Crippen LogP contribution is 2.34. The van der Waals surface area contributed by atoms with Crippen LogP contribution in [0.3, 0.4) is 0 Å². The van der Waals surface area contributed by atoms with Crippen molar-refractivity contribution in [3.05, 3.63) is 58.4 Å². The van der Waals surface area contributed by atoms with Crippen LogP contribution in [0, 0.1) is 16.0 Å². The Labute approximate surface area is 146 Å². The average Bonchev–Trinajstić information content (AvgIpc) is 3.10. The van der Waals surface area contributed by atoms with Crippen LogP contribution in [0.15, 0.2) is 42.7 Å². The van der Waals surface area contributed by atoms with Crippen molar-refractivity contribution >= 4 is 11.6 Å². The fourth-order valence-electron chi connectivity index (χ4n) is 3.50. The van der Waals surface area contributed by atoms with E-state index in [1.165, 1.54) is 30.1 Å². The molecule has 1 heterocycles. The van der Waals surface area contributed by atoms with Gasteiger partial charge in [-0.05, 0) is 24.3 Å². The number of benzene rings is 1. The first-order valence-corrected chi connectivity index (χ1v) is 8.64. The molecule has 1 fully saturated rings. The van der Waals surface area contributed by atoms with Crippen molar-refractivity contribution in [3.63, 3.8) is 0 Å². The number of amides is 1. The van der Waals surface area contributed by atoms with E-state index in [0.29, 0.717) is 5.92 Å². The minimum atomic E-state index is -0.518. The Morgan fingerprint density at radius 1 is 1.28 bits per heavy atom. The molecule has 1 atom stereocenters. The maximum Gasteiger partial charge on any atom is 0.307 e. The van der Waals surface area contributed by atoms with Crippen molar-refractivity contribution in [2.24, 2.45) is 5.92 Å². The van der Waals surface area contributed by atoms with Crippen molar-refractivity contribution in [2.75, 3.05) is 0 Å². The molecule has 0 radical (unpaired) electrons. The molecule has 0 aliphatic heterocycles. The predicted molar refractivity (Wildman–Crippen MR) is 92.8 cm³/mol. The fourth-order valence-corrected chi connectivity index (χ4v) is 3.50. The van der Waals surface area contributed by atoms with E-state index in [9.17, 15) is 14.9 Å². The largest absolute Gasteiger partial charge is 0.347 e. The summed E-state index contributed by atoms with van der Waals surface area (Å²) in [6.45, 7) is -0.0239. The molecular weight excluding hydrogens is 320 g/mol. The lowest BCUT2D eigenvalue weighted by Crippen LogP contribution is -2.36. The van der Waals surface area contributed by atoms with Gasteiger partial charge in [0.25, 0.3) is 0 Å². The van der Waals surface area contributed by atoms with E-state index >= 15 is 0 Å². The van der Waals surface area contributed by atoms with Gasteiger partial charge in [-0.25, -0.2) is 0 Å². The lowest BCUT2D eigenvalue weighted by molar-refractivity contribution is -0.385. The van der Waals surface area contributed by atoms with Crippen molar-refractivity contribution in [2.45, 2.75) is 44.7 Å². The van der Waals surface area contributed by atoms with Crippen molar-refractivity contribution < 1.29 is 9.72 Å². The van der Waals surface area contributed by atoms with Gasteiger partial charge >= 0.3 is 5.69 Å². The molecule has 0 spiro atoms. The van der Waals surface area contributed by atoms with Gasteiger partial charge in [0.05, 0.1) is 11.0 Å². The topological polar surface area (TPSA) is 90.1 Å². The third kappa shape index (κ3) is 4.43. The highest BCUT2D eigenvalue weighted by molar-refractivity contribution is 5.76. The molecule has 3 rings (SSSR count). The van der Waals surface area contributed by atoms with E-state index in [0.717, 1.165) is 24.6 Å². The molecule has 1 aromatic carbocycles. The number of aromatic nitrogens is 2. The summed E-state index contributed by atoms with van der Waals surface area (Å²) in [6, 6.07) is 9.98. The van der Waals surface area contributed by atoms with Crippen LogP contribution in [-0.4, -0.2) is 20.6 Å². The monoisotopic (exact) mass is 342 g/mol. The molecule has 0 bridgehead atoms. The maximum atomic E-state index is 12.5. The van der Waals surface area contributed by atoms with Crippen LogP contribution in [0.5, 0.6) is 0 Å². The molecule has 132 valence electrons. The summed E-state index contributed by atoms with van der Waals surface area (Å²) < 4.78 is 1.30. The van der Waals surface area contributed by atoms with Crippen LogP contribution >= 0.6 is 0 Å². The first-order chi connectivity index (χ1) is 12.1. The van der Waals surface area contributed by atoms with Gasteiger partial charge in [-0.3, -0.25) is 19.6 Å². The summed E-state index contributed by atoms with van der Waals surface area (Å²) >= 11 is 0. The summed E-state index contributed by atoms with van der Waals surface area (Å²) in [7, 11) is 0. The van der Waals surface area contributed by atoms with Gasteiger partial charge in [0, 0.05) is 0 Å². The summed E-state index contributed by atoms with van der Waals surface area (Å²) in [5.74, 6) is 0.240. The molecule has 7 nitrogen and oxygen atoms in total. The maximum absolute atomic E-state index is 12.5. The van der Waals surface area contributed by atoms with Gasteiger partial charge in [0.15, 0.2) is 0 Å². The summed E-state index contributed by atoms with van der Waals surface area (Å²) in [4.78, 5) is 22.7. The van der Waals surface area contributed by atoms with Crippen LogP contribution in [-0.2, 0) is 11.3 Å². The lowest BCUT2D eigenvalue weighted by Gasteiger charge is -2.31. The standard InChI is InChI=1S/C18H22N4O3/c23-17(13-21-12-16(11-19-21)22(24)25)20-18(14-7-3-1-4-8-14)15-9-5-2-6-10-15/h1,3-4,7-8,11-12,15,18H,2,5-6,9-10,13H2,(H,20,23)/t18-/m1/s1. The lowest BCUT2D eigenvalue weighted by atomic mass is 9.81. The van der Waals surface area contributed by atoms with E-state index in [1.54, 1.807) is 0 Å². The SMILES string of the molecule is O=C(Cn1cc([N+](=O)[O-])cn1)N[C@H](c1ccccc1)C1CCCCC1. The summed E-state index contributed by atoms with van der Waals surface area (Å²) in [6.07, 6.45) is 8.27. The van der Waals surface area contributed by atoms with E-state index in [2.05, 4.69) is 10.4 Å². The Balaban J connectivity index is 1.70. The third-order valence-electron chi connectivity index (χ3n) is 4.73. The van der Waals surface area contributed by atoms with Crippen molar-refractivity contribution in [3.8, 4) is 0 Å². The Kier molecular flexibility index (Phi) is 5.42. The van der Waals surface area contributed by atoms with Gasteiger partial charge in [-0.2, -0.15) is 5.10 Å². The smallest absolute Gasteiger partial charge is 0.307 e. The number of nitrogens with one attached hydrogen (secondary N) is 1. The molecule has 1 aliphatic carbocycles. The number of nitro groups is 1. The number of carbonyl (C=O) groups is 1. The van der Waals surface area contributed by atoms with Crippen LogP contribution in [0.1, 0.15) is 43.7 Å². The second-order valence-corrected chi connectivity index (χ2v) is 6.51. The van der Waals surface area contributed by atoms with Gasteiger partial charge < -0.3 is 5.32 Å². The molecule has 25 heavy (non-hydrogen) atoms. The molecule has 1 aromatic heterocycles. The second-order valence-electron chi connectivity index (χ2n) is 6.51. The highest BCUT2D eigenvalue weighted by Gasteiger charge is 2.26. The quantitative estimate of drug-likeness (QED) is 0.644. The number of rotatable bonds is 6. The molecule has 0 unspecified atom stereocenters. The first-order valence-electron chi connectivity index (χ1n) is 8.64. The van der Waals surface area contributed by atoms with Crippen LogP contribution in [0.4, 0.5) is 5.69 Å². The zero-order chi connectivity index (χ0) is 17.6. The predicted octanol–water partition coefficient (Wildman–Crippen LogP) is 3.23. The van der Waals surface area contributed by atoms with Gasteiger partial charge in [-0.1, -0.05) is 49.6 Å². The molecule has 1 amide bonds. The average molecular weight is 342 g/mol.